The van der Waals surface area contributed by atoms with Crippen LogP contribution in [0.4, 0.5) is 0 Å². The van der Waals surface area contributed by atoms with Gasteiger partial charge in [0.1, 0.15) is 11.2 Å². The standard InChI is InChI=1S/C48H30O/c1-2-11-31(12-3-1)32-21-23-33(24-22-32)35-26-25-34-13-10-19-43(44(34)29-35)48-41-17-6-4-15-39(41)47(40-16-5-7-18-42(40)48)36-27-28-38-37-14-8-9-20-45(37)49-46(38)30-36/h1-30H. The van der Waals surface area contributed by atoms with Crippen LogP contribution in [0.25, 0.3) is 98.8 Å². The Morgan fingerprint density at radius 3 is 1.51 bits per heavy atom. The molecule has 1 heterocycles. The van der Waals surface area contributed by atoms with Crippen molar-refractivity contribution in [2.45, 2.75) is 0 Å². The van der Waals surface area contributed by atoms with E-state index in [0.29, 0.717) is 0 Å². The molecule has 0 bridgehead atoms. The lowest BCUT2D eigenvalue weighted by Gasteiger charge is -2.19. The van der Waals surface area contributed by atoms with Crippen LogP contribution in [-0.4, -0.2) is 0 Å². The van der Waals surface area contributed by atoms with Crippen LogP contribution in [-0.2, 0) is 0 Å². The molecule has 0 amide bonds. The maximum atomic E-state index is 6.36. The molecule has 0 spiro atoms. The van der Waals surface area contributed by atoms with Gasteiger partial charge in [-0.1, -0.05) is 158 Å². The van der Waals surface area contributed by atoms with Crippen molar-refractivity contribution in [3.63, 3.8) is 0 Å². The molecular formula is C48H30O. The zero-order valence-corrected chi connectivity index (χ0v) is 26.7. The van der Waals surface area contributed by atoms with Crippen molar-refractivity contribution in [3.05, 3.63) is 182 Å². The van der Waals surface area contributed by atoms with E-state index in [9.17, 15) is 0 Å². The third-order valence-electron chi connectivity index (χ3n) is 10.1. The molecule has 0 unspecified atom stereocenters. The minimum Gasteiger partial charge on any atom is -0.456 e. The maximum Gasteiger partial charge on any atom is 0.136 e. The molecule has 49 heavy (non-hydrogen) atoms. The van der Waals surface area contributed by atoms with Gasteiger partial charge in [0.05, 0.1) is 0 Å². The van der Waals surface area contributed by atoms with Gasteiger partial charge in [-0.15, -0.1) is 0 Å². The minimum atomic E-state index is 0.911. The van der Waals surface area contributed by atoms with E-state index in [4.69, 9.17) is 4.42 Å². The highest BCUT2D eigenvalue weighted by Crippen LogP contribution is 2.46. The van der Waals surface area contributed by atoms with Crippen molar-refractivity contribution < 1.29 is 4.42 Å². The summed E-state index contributed by atoms with van der Waals surface area (Å²) < 4.78 is 6.36. The third kappa shape index (κ3) is 4.47. The fraction of sp³-hybridized carbons (Fsp3) is 0. The topological polar surface area (TPSA) is 13.1 Å². The first-order chi connectivity index (χ1) is 24.3. The fourth-order valence-corrected chi connectivity index (χ4v) is 7.77. The second-order valence-electron chi connectivity index (χ2n) is 12.8. The first-order valence-corrected chi connectivity index (χ1v) is 16.8. The number of hydrogen-bond donors (Lipinski definition) is 0. The molecular weight excluding hydrogens is 593 g/mol. The number of hydrogen-bond acceptors (Lipinski definition) is 1. The highest BCUT2D eigenvalue weighted by Gasteiger charge is 2.19. The first kappa shape index (κ1) is 27.7. The summed E-state index contributed by atoms with van der Waals surface area (Å²) in [6, 6.07) is 65.8. The monoisotopic (exact) mass is 622 g/mol. The zero-order valence-electron chi connectivity index (χ0n) is 26.7. The van der Waals surface area contributed by atoms with Gasteiger partial charge < -0.3 is 4.42 Å². The first-order valence-electron chi connectivity index (χ1n) is 16.8. The number of furan rings is 1. The molecule has 0 aliphatic rings. The molecule has 10 rings (SSSR count). The Balaban J connectivity index is 1.19. The summed E-state index contributed by atoms with van der Waals surface area (Å²) in [4.78, 5) is 0. The molecule has 1 aromatic heterocycles. The molecule has 0 fully saturated rings. The molecule has 0 aliphatic carbocycles. The Hall–Kier alpha value is -6.44. The van der Waals surface area contributed by atoms with E-state index in [2.05, 4.69) is 170 Å². The van der Waals surface area contributed by atoms with E-state index in [-0.39, 0.29) is 0 Å². The summed E-state index contributed by atoms with van der Waals surface area (Å²) in [5, 5.41) is 9.72. The number of para-hydroxylation sites is 1. The highest BCUT2D eigenvalue weighted by atomic mass is 16.3. The molecule has 10 aromatic rings. The molecule has 0 aliphatic heterocycles. The normalized spacial score (nSPS) is 11.7. The molecule has 1 nitrogen and oxygen atoms in total. The van der Waals surface area contributed by atoms with Crippen molar-refractivity contribution in [1.29, 1.82) is 0 Å². The van der Waals surface area contributed by atoms with Crippen LogP contribution >= 0.6 is 0 Å². The minimum absolute atomic E-state index is 0.911. The van der Waals surface area contributed by atoms with Crippen molar-refractivity contribution in [2.75, 3.05) is 0 Å². The maximum absolute atomic E-state index is 6.36. The zero-order chi connectivity index (χ0) is 32.3. The van der Waals surface area contributed by atoms with E-state index >= 15 is 0 Å². The Morgan fingerprint density at radius 1 is 0.265 bits per heavy atom. The largest absolute Gasteiger partial charge is 0.456 e. The van der Waals surface area contributed by atoms with Crippen LogP contribution in [0.2, 0.25) is 0 Å². The van der Waals surface area contributed by atoms with Gasteiger partial charge in [0.2, 0.25) is 0 Å². The van der Waals surface area contributed by atoms with Crippen LogP contribution in [0.15, 0.2) is 186 Å². The molecule has 9 aromatic carbocycles. The Bertz CT molecular complexity index is 2800. The lowest BCUT2D eigenvalue weighted by molar-refractivity contribution is 0.669. The Labute approximate surface area is 284 Å². The lowest BCUT2D eigenvalue weighted by Crippen LogP contribution is -1.92. The smallest absolute Gasteiger partial charge is 0.136 e. The molecule has 0 N–H and O–H groups in total. The molecule has 0 saturated carbocycles. The van der Waals surface area contributed by atoms with E-state index in [1.165, 1.54) is 71.3 Å². The van der Waals surface area contributed by atoms with E-state index in [1.54, 1.807) is 0 Å². The SMILES string of the molecule is c1ccc(-c2ccc(-c3ccc4cccc(-c5c6ccccc6c(-c6ccc7c(c6)oc6ccccc67)c6ccccc56)c4c3)cc2)cc1. The van der Waals surface area contributed by atoms with E-state index in [1.807, 2.05) is 12.1 Å². The summed E-state index contributed by atoms with van der Waals surface area (Å²) >= 11 is 0. The average Bonchev–Trinajstić information content (AvgIpc) is 3.55. The summed E-state index contributed by atoms with van der Waals surface area (Å²) in [5.41, 5.74) is 11.6. The summed E-state index contributed by atoms with van der Waals surface area (Å²) in [7, 11) is 0. The molecule has 1 heteroatoms. The Morgan fingerprint density at radius 2 is 0.796 bits per heavy atom. The van der Waals surface area contributed by atoms with Crippen LogP contribution in [0.5, 0.6) is 0 Å². The summed E-state index contributed by atoms with van der Waals surface area (Å²) in [5.74, 6) is 0. The van der Waals surface area contributed by atoms with Gasteiger partial charge in [-0.05, 0) is 101 Å². The van der Waals surface area contributed by atoms with Gasteiger partial charge in [0.15, 0.2) is 0 Å². The predicted molar refractivity (Wildman–Crippen MR) is 208 cm³/mol. The second kappa shape index (κ2) is 11.1. The highest BCUT2D eigenvalue weighted by molar-refractivity contribution is 6.24. The molecule has 228 valence electrons. The van der Waals surface area contributed by atoms with Gasteiger partial charge in [-0.2, -0.15) is 0 Å². The molecule has 0 radical (unpaired) electrons. The fourth-order valence-electron chi connectivity index (χ4n) is 7.77. The molecule has 0 saturated heterocycles. The molecule has 0 atom stereocenters. The van der Waals surface area contributed by atoms with Crippen LogP contribution in [0.1, 0.15) is 0 Å². The number of fused-ring (bicyclic) bond motifs is 6. The van der Waals surface area contributed by atoms with Crippen LogP contribution in [0, 0.1) is 0 Å². The van der Waals surface area contributed by atoms with Crippen molar-refractivity contribution in [3.8, 4) is 44.5 Å². The van der Waals surface area contributed by atoms with Crippen molar-refractivity contribution >= 4 is 54.3 Å². The van der Waals surface area contributed by atoms with Gasteiger partial charge in [0.25, 0.3) is 0 Å². The van der Waals surface area contributed by atoms with E-state index in [0.717, 1.165) is 27.5 Å². The predicted octanol–water partition coefficient (Wildman–Crippen LogP) is 13.7. The van der Waals surface area contributed by atoms with Gasteiger partial charge >= 0.3 is 0 Å². The number of rotatable bonds is 4. The lowest BCUT2D eigenvalue weighted by atomic mass is 9.84. The quantitative estimate of drug-likeness (QED) is 0.178. The van der Waals surface area contributed by atoms with E-state index < -0.39 is 0 Å². The number of benzene rings is 9. The van der Waals surface area contributed by atoms with Crippen molar-refractivity contribution in [1.82, 2.24) is 0 Å². The third-order valence-corrected chi connectivity index (χ3v) is 10.1. The van der Waals surface area contributed by atoms with Crippen LogP contribution < -0.4 is 0 Å². The van der Waals surface area contributed by atoms with Crippen molar-refractivity contribution in [2.24, 2.45) is 0 Å². The second-order valence-corrected chi connectivity index (χ2v) is 12.8. The van der Waals surface area contributed by atoms with Crippen LogP contribution in [0.3, 0.4) is 0 Å². The summed E-state index contributed by atoms with van der Waals surface area (Å²) in [6.07, 6.45) is 0. The average molecular weight is 623 g/mol. The van der Waals surface area contributed by atoms with Gasteiger partial charge in [-0.3, -0.25) is 0 Å². The summed E-state index contributed by atoms with van der Waals surface area (Å²) in [6.45, 7) is 0. The van der Waals surface area contributed by atoms with Gasteiger partial charge in [-0.25, -0.2) is 0 Å². The van der Waals surface area contributed by atoms with Gasteiger partial charge in [0, 0.05) is 10.8 Å². The Kier molecular flexibility index (Phi) is 6.25.